The molecule has 0 unspecified atom stereocenters. The highest BCUT2D eigenvalue weighted by Crippen LogP contribution is 2.24. The van der Waals surface area contributed by atoms with E-state index in [1.165, 1.54) is 7.11 Å². The Bertz CT molecular complexity index is 799. The molecule has 2 rings (SSSR count). The Morgan fingerprint density at radius 2 is 1.90 bits per heavy atom. The summed E-state index contributed by atoms with van der Waals surface area (Å²) >= 11 is 0. The van der Waals surface area contributed by atoms with Crippen molar-refractivity contribution in [1.29, 1.82) is 0 Å². The summed E-state index contributed by atoms with van der Waals surface area (Å²) in [5.74, 6) is -0.708. The zero-order valence-corrected chi connectivity index (χ0v) is 18.1. The summed E-state index contributed by atoms with van der Waals surface area (Å²) in [6.07, 6.45) is 5.57. The topological polar surface area (TPSA) is 97.5 Å². The highest BCUT2D eigenvalue weighted by molar-refractivity contribution is 5.96. The van der Waals surface area contributed by atoms with Crippen LogP contribution in [0.1, 0.15) is 75.0 Å². The van der Waals surface area contributed by atoms with E-state index in [1.54, 1.807) is 0 Å². The summed E-state index contributed by atoms with van der Waals surface area (Å²) in [7, 11) is 1.35. The first-order valence-corrected chi connectivity index (χ1v) is 10.1. The van der Waals surface area contributed by atoms with Crippen LogP contribution in [-0.4, -0.2) is 42.1 Å². The van der Waals surface area contributed by atoms with E-state index < -0.39 is 11.6 Å². The van der Waals surface area contributed by atoms with Gasteiger partial charge in [-0.05, 0) is 69.6 Å². The van der Waals surface area contributed by atoms with Crippen molar-refractivity contribution in [3.8, 4) is 0 Å². The van der Waals surface area contributed by atoms with Crippen LogP contribution in [0.5, 0.6) is 0 Å². The Morgan fingerprint density at radius 3 is 2.52 bits per heavy atom. The van der Waals surface area contributed by atoms with Gasteiger partial charge in [0.1, 0.15) is 11.3 Å². The molecular weight excluding hydrogens is 372 g/mol. The smallest absolute Gasteiger partial charge is 0.355 e. The number of H-pyrrole nitrogens is 1. The number of ether oxygens (including phenoxy) is 2. The molecule has 2 N–H and O–H groups in total. The molecule has 1 aromatic rings. The summed E-state index contributed by atoms with van der Waals surface area (Å²) in [6.45, 7) is 8.06. The summed E-state index contributed by atoms with van der Waals surface area (Å²) in [6, 6.07) is 0. The highest BCUT2D eigenvalue weighted by Gasteiger charge is 2.24. The van der Waals surface area contributed by atoms with Gasteiger partial charge >= 0.3 is 11.9 Å². The van der Waals surface area contributed by atoms with Crippen LogP contribution >= 0.6 is 0 Å². The Kier molecular flexibility index (Phi) is 7.65. The molecule has 0 fully saturated rings. The number of hydrogen-bond donors (Lipinski definition) is 2. The van der Waals surface area contributed by atoms with Crippen LogP contribution in [0.15, 0.2) is 17.3 Å². The molecule has 1 aliphatic rings. The molecule has 0 saturated heterocycles. The van der Waals surface area contributed by atoms with E-state index in [9.17, 15) is 14.4 Å². The number of esters is 2. The lowest BCUT2D eigenvalue weighted by atomic mass is 9.97. The Hall–Kier alpha value is -2.57. The SMILES string of the molecule is CCC1=C(CCCc2c[nH]c(C(=O)OC(C)(C)C)c2CCC(=O)OC)CNC1=O. The van der Waals surface area contributed by atoms with Gasteiger partial charge in [-0.1, -0.05) is 6.92 Å². The first-order chi connectivity index (χ1) is 13.7. The van der Waals surface area contributed by atoms with Gasteiger partial charge in [-0.3, -0.25) is 9.59 Å². The number of aromatic amines is 1. The molecule has 0 atom stereocenters. The van der Waals surface area contributed by atoms with Gasteiger partial charge in [0.15, 0.2) is 0 Å². The summed E-state index contributed by atoms with van der Waals surface area (Å²) < 4.78 is 10.2. The van der Waals surface area contributed by atoms with Crippen molar-refractivity contribution < 1.29 is 23.9 Å². The molecule has 0 bridgehead atoms. The molecule has 0 radical (unpaired) electrons. The van der Waals surface area contributed by atoms with Crippen LogP contribution < -0.4 is 5.32 Å². The fourth-order valence-corrected chi connectivity index (χ4v) is 3.55. The molecule has 1 aromatic heterocycles. The van der Waals surface area contributed by atoms with Gasteiger partial charge < -0.3 is 19.8 Å². The van der Waals surface area contributed by atoms with Gasteiger partial charge in [-0.2, -0.15) is 0 Å². The first-order valence-electron chi connectivity index (χ1n) is 10.1. The number of aryl methyl sites for hydroxylation is 1. The third kappa shape index (κ3) is 6.21. The van der Waals surface area contributed by atoms with Crippen LogP contribution in [0, 0.1) is 0 Å². The molecule has 7 nitrogen and oxygen atoms in total. The third-order valence-electron chi connectivity index (χ3n) is 4.93. The largest absolute Gasteiger partial charge is 0.469 e. The second-order valence-corrected chi connectivity index (χ2v) is 8.22. The molecule has 1 amide bonds. The second-order valence-electron chi connectivity index (χ2n) is 8.22. The fraction of sp³-hybridized carbons (Fsp3) is 0.591. The lowest BCUT2D eigenvalue weighted by molar-refractivity contribution is -0.140. The van der Waals surface area contributed by atoms with Crippen LogP contribution in [0.25, 0.3) is 0 Å². The quantitative estimate of drug-likeness (QED) is 0.616. The molecule has 7 heteroatoms. The predicted molar refractivity (Wildman–Crippen MR) is 110 cm³/mol. The van der Waals surface area contributed by atoms with Gasteiger partial charge in [-0.25, -0.2) is 4.79 Å². The number of hydrogen-bond acceptors (Lipinski definition) is 5. The van der Waals surface area contributed by atoms with Crippen molar-refractivity contribution >= 4 is 17.8 Å². The maximum Gasteiger partial charge on any atom is 0.355 e. The summed E-state index contributed by atoms with van der Waals surface area (Å²) in [4.78, 5) is 39.1. The van der Waals surface area contributed by atoms with Gasteiger partial charge in [0, 0.05) is 24.7 Å². The van der Waals surface area contributed by atoms with Crippen molar-refractivity contribution in [2.45, 2.75) is 71.8 Å². The van der Waals surface area contributed by atoms with E-state index in [4.69, 9.17) is 9.47 Å². The highest BCUT2D eigenvalue weighted by atomic mass is 16.6. The molecule has 0 saturated carbocycles. The van der Waals surface area contributed by atoms with Crippen LogP contribution in [0.3, 0.4) is 0 Å². The lowest BCUT2D eigenvalue weighted by Gasteiger charge is -2.19. The summed E-state index contributed by atoms with van der Waals surface area (Å²) in [5, 5.41) is 2.88. The molecular formula is C22H32N2O5. The molecule has 2 heterocycles. The van der Waals surface area contributed by atoms with E-state index >= 15 is 0 Å². The zero-order chi connectivity index (χ0) is 21.6. The number of rotatable bonds is 9. The van der Waals surface area contributed by atoms with Gasteiger partial charge in [0.2, 0.25) is 5.91 Å². The Balaban J connectivity index is 2.13. The van der Waals surface area contributed by atoms with Gasteiger partial charge in [0.25, 0.3) is 0 Å². The van der Waals surface area contributed by atoms with Gasteiger partial charge in [-0.15, -0.1) is 0 Å². The predicted octanol–water partition coefficient (Wildman–Crippen LogP) is 3.23. The van der Waals surface area contributed by atoms with E-state index in [0.29, 0.717) is 18.7 Å². The zero-order valence-electron chi connectivity index (χ0n) is 18.1. The van der Waals surface area contributed by atoms with E-state index in [-0.39, 0.29) is 18.3 Å². The van der Waals surface area contributed by atoms with E-state index in [2.05, 4.69) is 10.3 Å². The fourth-order valence-electron chi connectivity index (χ4n) is 3.55. The average Bonchev–Trinajstić information content (AvgIpc) is 3.21. The normalized spacial score (nSPS) is 14.2. The number of amides is 1. The van der Waals surface area contributed by atoms with Crippen LogP contribution in [0.4, 0.5) is 0 Å². The summed E-state index contributed by atoms with van der Waals surface area (Å²) in [5.41, 5.74) is 3.63. The minimum Gasteiger partial charge on any atom is -0.469 e. The molecule has 0 spiro atoms. The molecule has 0 aliphatic carbocycles. The minimum atomic E-state index is -0.604. The minimum absolute atomic E-state index is 0.0372. The lowest BCUT2D eigenvalue weighted by Crippen LogP contribution is -2.24. The van der Waals surface area contributed by atoms with Crippen LogP contribution in [-0.2, 0) is 31.9 Å². The molecule has 0 aromatic carbocycles. The number of nitrogens with one attached hydrogen (secondary N) is 2. The van der Waals surface area contributed by atoms with Crippen molar-refractivity contribution in [3.63, 3.8) is 0 Å². The monoisotopic (exact) mass is 404 g/mol. The van der Waals surface area contributed by atoms with Crippen molar-refractivity contribution in [2.75, 3.05) is 13.7 Å². The van der Waals surface area contributed by atoms with Gasteiger partial charge in [0.05, 0.1) is 7.11 Å². The third-order valence-corrected chi connectivity index (χ3v) is 4.93. The van der Waals surface area contributed by atoms with E-state index in [1.807, 2.05) is 33.9 Å². The molecule has 160 valence electrons. The Labute approximate surface area is 172 Å². The second kappa shape index (κ2) is 9.76. The maximum absolute atomic E-state index is 12.6. The molecule has 1 aliphatic heterocycles. The van der Waals surface area contributed by atoms with E-state index in [0.717, 1.165) is 48.0 Å². The number of methoxy groups -OCH3 is 1. The maximum atomic E-state index is 12.6. The van der Waals surface area contributed by atoms with Crippen molar-refractivity contribution in [3.05, 3.63) is 34.2 Å². The number of carbonyl (C=O) groups is 3. The van der Waals surface area contributed by atoms with Crippen molar-refractivity contribution in [1.82, 2.24) is 10.3 Å². The number of aromatic nitrogens is 1. The Morgan fingerprint density at radius 1 is 1.17 bits per heavy atom. The first kappa shape index (κ1) is 22.7. The molecule has 29 heavy (non-hydrogen) atoms. The van der Waals surface area contributed by atoms with Crippen molar-refractivity contribution in [2.24, 2.45) is 0 Å². The standard InChI is InChI=1S/C22H32N2O5/c1-6-16-14(13-24-20(16)26)8-7-9-15-12-23-19(21(27)29-22(2,3)4)17(15)10-11-18(25)28-5/h12,23H,6-11,13H2,1-5H3,(H,24,26). The van der Waals surface area contributed by atoms with Crippen LogP contribution in [0.2, 0.25) is 0 Å². The number of carbonyl (C=O) groups excluding carboxylic acids is 3. The average molecular weight is 405 g/mol.